The molecule has 1 atom stereocenters. The van der Waals surface area contributed by atoms with Gasteiger partial charge in [0, 0.05) is 11.3 Å². The highest BCUT2D eigenvalue weighted by Gasteiger charge is 2.48. The minimum absolute atomic E-state index is 0.00790. The van der Waals surface area contributed by atoms with Crippen LogP contribution in [0, 0.1) is 13.8 Å². The topological polar surface area (TPSA) is 80.0 Å². The fourth-order valence-electron chi connectivity index (χ4n) is 3.80. The molecule has 1 aliphatic rings. The average molecular weight is 403 g/mol. The number of rotatable bonds is 4. The molecule has 3 aromatic rings. The van der Waals surface area contributed by atoms with Gasteiger partial charge in [-0.05, 0) is 61.4 Å². The van der Waals surface area contributed by atoms with Crippen LogP contribution in [0.3, 0.4) is 0 Å². The van der Waals surface area contributed by atoms with E-state index in [2.05, 4.69) is 0 Å². The van der Waals surface area contributed by atoms with E-state index in [0.717, 1.165) is 5.56 Å². The van der Waals surface area contributed by atoms with E-state index in [1.807, 2.05) is 19.1 Å². The Morgan fingerprint density at radius 2 is 1.80 bits per heavy atom. The number of carbonyl (C=O) groups is 2. The van der Waals surface area contributed by atoms with Crippen LogP contribution in [-0.2, 0) is 9.59 Å². The van der Waals surface area contributed by atoms with E-state index in [1.165, 1.54) is 11.2 Å². The summed E-state index contributed by atoms with van der Waals surface area (Å²) in [4.78, 5) is 27.5. The molecule has 1 N–H and O–H groups in total. The summed E-state index contributed by atoms with van der Waals surface area (Å²) >= 11 is 0. The molecule has 1 fully saturated rings. The molecular formula is C24H21NO5. The molecular weight excluding hydrogens is 382 g/mol. The minimum atomic E-state index is -0.873. The van der Waals surface area contributed by atoms with E-state index in [4.69, 9.17) is 9.15 Å². The van der Waals surface area contributed by atoms with Crippen LogP contribution in [0.4, 0.5) is 5.69 Å². The summed E-state index contributed by atoms with van der Waals surface area (Å²) in [5, 5.41) is 11.2. The number of benzene rings is 2. The van der Waals surface area contributed by atoms with E-state index in [0.29, 0.717) is 28.3 Å². The smallest absolute Gasteiger partial charge is 0.300 e. The Morgan fingerprint density at radius 3 is 2.43 bits per heavy atom. The molecule has 1 aromatic heterocycles. The summed E-state index contributed by atoms with van der Waals surface area (Å²) in [6, 6.07) is 14.9. The molecule has 0 radical (unpaired) electrons. The van der Waals surface area contributed by atoms with Crippen LogP contribution >= 0.6 is 0 Å². The summed E-state index contributed by atoms with van der Waals surface area (Å²) in [7, 11) is 1.55. The van der Waals surface area contributed by atoms with Gasteiger partial charge >= 0.3 is 0 Å². The third kappa shape index (κ3) is 3.06. The van der Waals surface area contributed by atoms with Crippen molar-refractivity contribution in [2.75, 3.05) is 12.0 Å². The lowest BCUT2D eigenvalue weighted by Gasteiger charge is -2.25. The molecule has 2 heterocycles. The zero-order chi connectivity index (χ0) is 21.4. The quantitative estimate of drug-likeness (QED) is 0.393. The van der Waals surface area contributed by atoms with E-state index < -0.39 is 17.7 Å². The monoisotopic (exact) mass is 403 g/mol. The van der Waals surface area contributed by atoms with Gasteiger partial charge in [-0.3, -0.25) is 14.5 Å². The van der Waals surface area contributed by atoms with Crippen molar-refractivity contribution < 1.29 is 23.8 Å². The first-order valence-electron chi connectivity index (χ1n) is 9.49. The Morgan fingerprint density at radius 1 is 1.03 bits per heavy atom. The number of aliphatic hydroxyl groups excluding tert-OH is 1. The number of Topliss-reactive ketones (excluding diaryl/α,β-unsaturated/α-hetero) is 1. The zero-order valence-corrected chi connectivity index (χ0v) is 16.9. The number of hydrogen-bond acceptors (Lipinski definition) is 5. The summed E-state index contributed by atoms with van der Waals surface area (Å²) < 4.78 is 10.8. The number of aryl methyl sites for hydroxylation is 2. The van der Waals surface area contributed by atoms with Crippen molar-refractivity contribution in [3.05, 3.63) is 88.9 Å². The van der Waals surface area contributed by atoms with E-state index in [-0.39, 0.29) is 11.3 Å². The molecule has 1 unspecified atom stereocenters. The minimum Gasteiger partial charge on any atom is -0.507 e. The molecule has 4 rings (SSSR count). The fraction of sp³-hybridized carbons (Fsp3) is 0.167. The van der Waals surface area contributed by atoms with Crippen LogP contribution in [0.15, 0.2) is 70.9 Å². The number of carbonyl (C=O) groups excluding carboxylic acids is 2. The lowest BCUT2D eigenvalue weighted by atomic mass is 9.96. The van der Waals surface area contributed by atoms with Gasteiger partial charge < -0.3 is 14.3 Å². The van der Waals surface area contributed by atoms with Gasteiger partial charge in [-0.15, -0.1) is 0 Å². The maximum atomic E-state index is 13.1. The van der Waals surface area contributed by atoms with Gasteiger partial charge in [0.2, 0.25) is 0 Å². The van der Waals surface area contributed by atoms with E-state index in [1.54, 1.807) is 56.5 Å². The second kappa shape index (κ2) is 7.55. The molecule has 0 spiro atoms. The van der Waals surface area contributed by atoms with Crippen molar-refractivity contribution in [2.45, 2.75) is 19.9 Å². The van der Waals surface area contributed by atoms with Gasteiger partial charge in [0.15, 0.2) is 0 Å². The Hall–Kier alpha value is -3.80. The fourth-order valence-corrected chi connectivity index (χ4v) is 3.80. The highest BCUT2D eigenvalue weighted by molar-refractivity contribution is 6.51. The number of anilines is 1. The van der Waals surface area contributed by atoms with Gasteiger partial charge in [-0.25, -0.2) is 0 Å². The predicted octanol–water partition coefficient (Wildman–Crippen LogP) is 4.53. The SMILES string of the molecule is COc1ccc(/C(O)=C2/C(=O)C(=O)N(c3ccccc3C)C2c2ccco2)c(C)c1. The molecule has 0 bridgehead atoms. The number of ketones is 1. The second-order valence-corrected chi connectivity index (χ2v) is 7.15. The first-order valence-corrected chi connectivity index (χ1v) is 9.49. The second-order valence-electron chi connectivity index (χ2n) is 7.15. The highest BCUT2D eigenvalue weighted by Crippen LogP contribution is 2.43. The lowest BCUT2D eigenvalue weighted by Crippen LogP contribution is -2.29. The molecule has 1 amide bonds. The molecule has 6 nitrogen and oxygen atoms in total. The highest BCUT2D eigenvalue weighted by atomic mass is 16.5. The van der Waals surface area contributed by atoms with Gasteiger partial charge in [0.1, 0.15) is 23.3 Å². The summed E-state index contributed by atoms with van der Waals surface area (Å²) in [5.41, 5.74) is 2.58. The number of hydrogen-bond donors (Lipinski definition) is 1. The Labute approximate surface area is 174 Å². The first kappa shape index (κ1) is 19.5. The van der Waals surface area contributed by atoms with Gasteiger partial charge in [-0.2, -0.15) is 0 Å². The lowest BCUT2D eigenvalue weighted by molar-refractivity contribution is -0.132. The van der Waals surface area contributed by atoms with Crippen LogP contribution in [0.1, 0.15) is 28.5 Å². The first-order chi connectivity index (χ1) is 14.4. The number of furan rings is 1. The van der Waals surface area contributed by atoms with Crippen LogP contribution in [0.5, 0.6) is 5.75 Å². The number of methoxy groups -OCH3 is 1. The van der Waals surface area contributed by atoms with Crippen molar-refractivity contribution in [3.63, 3.8) is 0 Å². The maximum absolute atomic E-state index is 13.1. The number of ether oxygens (including phenoxy) is 1. The van der Waals surface area contributed by atoms with E-state index in [9.17, 15) is 14.7 Å². The van der Waals surface area contributed by atoms with Crippen molar-refractivity contribution in [3.8, 4) is 5.75 Å². The van der Waals surface area contributed by atoms with Crippen molar-refractivity contribution in [2.24, 2.45) is 0 Å². The van der Waals surface area contributed by atoms with Crippen LogP contribution < -0.4 is 9.64 Å². The molecule has 1 aliphatic heterocycles. The third-order valence-electron chi connectivity index (χ3n) is 5.32. The summed E-state index contributed by atoms with van der Waals surface area (Å²) in [6.07, 6.45) is 1.48. The molecule has 30 heavy (non-hydrogen) atoms. The molecule has 1 saturated heterocycles. The van der Waals surface area contributed by atoms with Crippen LogP contribution in [0.2, 0.25) is 0 Å². The largest absolute Gasteiger partial charge is 0.507 e. The van der Waals surface area contributed by atoms with E-state index >= 15 is 0 Å². The summed E-state index contributed by atoms with van der Waals surface area (Å²) in [6.45, 7) is 3.67. The number of para-hydroxylation sites is 1. The number of nitrogens with zero attached hydrogens (tertiary/aromatic N) is 1. The average Bonchev–Trinajstić information content (AvgIpc) is 3.35. The standard InChI is InChI=1S/C24H21NO5/c1-14-7-4-5-8-18(14)25-21(19-9-6-12-30-19)20(23(27)24(25)28)22(26)17-11-10-16(29-3)13-15(17)2/h4-13,21,26H,1-3H3/b22-20-. The number of amides is 1. The van der Waals surface area contributed by atoms with Crippen molar-refractivity contribution in [1.29, 1.82) is 0 Å². The molecule has 0 saturated carbocycles. The van der Waals surface area contributed by atoms with Crippen LogP contribution in [-0.4, -0.2) is 23.9 Å². The molecule has 6 heteroatoms. The third-order valence-corrected chi connectivity index (χ3v) is 5.32. The maximum Gasteiger partial charge on any atom is 0.300 e. The molecule has 0 aliphatic carbocycles. The number of aliphatic hydroxyl groups is 1. The Kier molecular flexibility index (Phi) is 4.91. The van der Waals surface area contributed by atoms with Gasteiger partial charge in [-0.1, -0.05) is 18.2 Å². The van der Waals surface area contributed by atoms with Crippen LogP contribution in [0.25, 0.3) is 5.76 Å². The van der Waals surface area contributed by atoms with Crippen molar-refractivity contribution in [1.82, 2.24) is 0 Å². The van der Waals surface area contributed by atoms with Crippen molar-refractivity contribution >= 4 is 23.1 Å². The predicted molar refractivity (Wildman–Crippen MR) is 112 cm³/mol. The zero-order valence-electron chi connectivity index (χ0n) is 16.9. The molecule has 2 aromatic carbocycles. The Bertz CT molecular complexity index is 1160. The molecule has 152 valence electrons. The Balaban J connectivity index is 1.94. The van der Waals surface area contributed by atoms with Gasteiger partial charge in [0.05, 0.1) is 18.9 Å². The normalized spacial score (nSPS) is 18.1. The summed E-state index contributed by atoms with van der Waals surface area (Å²) in [5.74, 6) is -0.686. The van der Waals surface area contributed by atoms with Gasteiger partial charge in [0.25, 0.3) is 11.7 Å².